The summed E-state index contributed by atoms with van der Waals surface area (Å²) in [6.45, 7) is 3.81. The summed E-state index contributed by atoms with van der Waals surface area (Å²) in [5.41, 5.74) is 1.31. The summed E-state index contributed by atoms with van der Waals surface area (Å²) < 4.78 is 0. The van der Waals surface area contributed by atoms with Crippen LogP contribution in [0.3, 0.4) is 0 Å². The molecule has 0 radical (unpaired) electrons. The molecule has 0 spiro atoms. The Morgan fingerprint density at radius 3 is 3.20 bits per heavy atom. The molecule has 0 aliphatic carbocycles. The number of hydrogen-bond donors (Lipinski definition) is 0. The SMILES string of the molecule is CC1=CCCCN(C=O)C1. The van der Waals surface area contributed by atoms with Crippen LogP contribution in [0.25, 0.3) is 0 Å². The van der Waals surface area contributed by atoms with E-state index in [1.807, 2.05) is 4.90 Å². The lowest BCUT2D eigenvalue weighted by atomic mass is 10.2. The van der Waals surface area contributed by atoms with Gasteiger partial charge in [-0.25, -0.2) is 0 Å². The van der Waals surface area contributed by atoms with Crippen molar-refractivity contribution >= 4 is 6.41 Å². The topological polar surface area (TPSA) is 20.3 Å². The van der Waals surface area contributed by atoms with E-state index in [0.717, 1.165) is 32.3 Å². The number of carbonyl (C=O) groups is 1. The number of rotatable bonds is 1. The lowest BCUT2D eigenvalue weighted by Gasteiger charge is -2.13. The van der Waals surface area contributed by atoms with Crippen molar-refractivity contribution in [1.82, 2.24) is 4.90 Å². The number of carbonyl (C=O) groups excluding carboxylic acids is 1. The van der Waals surface area contributed by atoms with Crippen molar-refractivity contribution in [3.63, 3.8) is 0 Å². The van der Waals surface area contributed by atoms with Gasteiger partial charge >= 0.3 is 0 Å². The van der Waals surface area contributed by atoms with E-state index < -0.39 is 0 Å². The zero-order valence-electron chi connectivity index (χ0n) is 6.34. The van der Waals surface area contributed by atoms with Gasteiger partial charge in [0.15, 0.2) is 0 Å². The Kier molecular flexibility index (Phi) is 2.49. The molecule has 2 heteroatoms. The largest absolute Gasteiger partial charge is 0.341 e. The van der Waals surface area contributed by atoms with E-state index in [1.165, 1.54) is 5.57 Å². The van der Waals surface area contributed by atoms with Crippen molar-refractivity contribution < 1.29 is 4.79 Å². The van der Waals surface area contributed by atoms with E-state index in [-0.39, 0.29) is 0 Å². The predicted molar refractivity (Wildman–Crippen MR) is 40.6 cm³/mol. The zero-order chi connectivity index (χ0) is 7.40. The van der Waals surface area contributed by atoms with E-state index in [0.29, 0.717) is 0 Å². The van der Waals surface area contributed by atoms with E-state index >= 15 is 0 Å². The van der Waals surface area contributed by atoms with Crippen LogP contribution in [0.15, 0.2) is 11.6 Å². The van der Waals surface area contributed by atoms with Crippen molar-refractivity contribution in [2.75, 3.05) is 13.1 Å². The van der Waals surface area contributed by atoms with Crippen LogP contribution in [0.1, 0.15) is 19.8 Å². The van der Waals surface area contributed by atoms with Crippen LogP contribution in [-0.4, -0.2) is 24.4 Å². The van der Waals surface area contributed by atoms with Gasteiger partial charge in [-0.05, 0) is 19.8 Å². The van der Waals surface area contributed by atoms with E-state index in [4.69, 9.17) is 0 Å². The fourth-order valence-electron chi connectivity index (χ4n) is 1.20. The van der Waals surface area contributed by atoms with Crippen LogP contribution in [0, 0.1) is 0 Å². The Morgan fingerprint density at radius 1 is 1.70 bits per heavy atom. The number of hydrogen-bond acceptors (Lipinski definition) is 1. The van der Waals surface area contributed by atoms with Gasteiger partial charge in [-0.2, -0.15) is 0 Å². The molecule has 0 bridgehead atoms. The minimum Gasteiger partial charge on any atom is -0.341 e. The second kappa shape index (κ2) is 3.40. The molecule has 1 rings (SSSR count). The fraction of sp³-hybridized carbons (Fsp3) is 0.625. The minimum absolute atomic E-state index is 0.823. The molecule has 0 aromatic carbocycles. The summed E-state index contributed by atoms with van der Waals surface area (Å²) in [5.74, 6) is 0. The van der Waals surface area contributed by atoms with Gasteiger partial charge in [-0.3, -0.25) is 4.79 Å². The third-order valence-electron chi connectivity index (χ3n) is 1.74. The van der Waals surface area contributed by atoms with Gasteiger partial charge in [0.05, 0.1) is 0 Å². The third-order valence-corrected chi connectivity index (χ3v) is 1.74. The van der Waals surface area contributed by atoms with Crippen molar-refractivity contribution in [3.8, 4) is 0 Å². The van der Waals surface area contributed by atoms with E-state index in [9.17, 15) is 4.79 Å². The van der Waals surface area contributed by atoms with Crippen molar-refractivity contribution in [2.24, 2.45) is 0 Å². The Bertz CT molecular complexity index is 151. The molecule has 0 fully saturated rings. The number of nitrogens with zero attached hydrogens (tertiary/aromatic N) is 1. The quantitative estimate of drug-likeness (QED) is 0.394. The molecule has 0 aromatic rings. The Hall–Kier alpha value is -0.790. The lowest BCUT2D eigenvalue weighted by Crippen LogP contribution is -2.23. The predicted octanol–water partition coefficient (Wildman–Crippen LogP) is 1.18. The van der Waals surface area contributed by atoms with Crippen LogP contribution in [0.2, 0.25) is 0 Å². The first-order valence-corrected chi connectivity index (χ1v) is 3.68. The molecule has 1 heterocycles. The third kappa shape index (κ3) is 1.87. The van der Waals surface area contributed by atoms with E-state index in [2.05, 4.69) is 13.0 Å². The zero-order valence-corrected chi connectivity index (χ0v) is 6.34. The van der Waals surface area contributed by atoms with Crippen LogP contribution in [-0.2, 0) is 4.79 Å². The smallest absolute Gasteiger partial charge is 0.209 e. The molecule has 1 aliphatic rings. The van der Waals surface area contributed by atoms with E-state index in [1.54, 1.807) is 0 Å². The molecule has 0 aromatic heterocycles. The summed E-state index contributed by atoms with van der Waals surface area (Å²) >= 11 is 0. The average Bonchev–Trinajstić information content (AvgIpc) is 2.13. The molecule has 0 N–H and O–H groups in total. The summed E-state index contributed by atoms with van der Waals surface area (Å²) in [6, 6.07) is 0. The monoisotopic (exact) mass is 139 g/mol. The van der Waals surface area contributed by atoms with Crippen LogP contribution in [0.4, 0.5) is 0 Å². The molecule has 1 aliphatic heterocycles. The molecule has 1 amide bonds. The van der Waals surface area contributed by atoms with Crippen LogP contribution >= 0.6 is 0 Å². The first-order chi connectivity index (χ1) is 4.83. The van der Waals surface area contributed by atoms with Crippen LogP contribution < -0.4 is 0 Å². The maximum atomic E-state index is 10.4. The first-order valence-electron chi connectivity index (χ1n) is 3.68. The van der Waals surface area contributed by atoms with Crippen molar-refractivity contribution in [3.05, 3.63) is 11.6 Å². The van der Waals surface area contributed by atoms with Gasteiger partial charge in [0.2, 0.25) is 6.41 Å². The molecule has 10 heavy (non-hydrogen) atoms. The second-order valence-corrected chi connectivity index (χ2v) is 2.77. The molecule has 0 atom stereocenters. The normalized spacial score (nSPS) is 19.7. The fourth-order valence-corrected chi connectivity index (χ4v) is 1.20. The van der Waals surface area contributed by atoms with Gasteiger partial charge in [0.1, 0.15) is 0 Å². The Labute approximate surface area is 61.5 Å². The van der Waals surface area contributed by atoms with Crippen LogP contribution in [0.5, 0.6) is 0 Å². The van der Waals surface area contributed by atoms with Gasteiger partial charge < -0.3 is 4.90 Å². The molecular formula is C8H13NO. The second-order valence-electron chi connectivity index (χ2n) is 2.77. The van der Waals surface area contributed by atoms with Gasteiger partial charge in [-0.1, -0.05) is 11.6 Å². The molecular weight excluding hydrogens is 126 g/mol. The Morgan fingerprint density at radius 2 is 2.50 bits per heavy atom. The molecule has 0 unspecified atom stereocenters. The maximum Gasteiger partial charge on any atom is 0.209 e. The minimum atomic E-state index is 0.823. The number of amides is 1. The summed E-state index contributed by atoms with van der Waals surface area (Å²) in [6.07, 6.45) is 5.37. The highest BCUT2D eigenvalue weighted by molar-refractivity contribution is 5.47. The highest BCUT2D eigenvalue weighted by Crippen LogP contribution is 2.06. The average molecular weight is 139 g/mol. The van der Waals surface area contributed by atoms with Gasteiger partial charge in [0, 0.05) is 13.1 Å². The van der Waals surface area contributed by atoms with Crippen molar-refractivity contribution in [1.29, 1.82) is 0 Å². The van der Waals surface area contributed by atoms with Gasteiger partial charge in [0.25, 0.3) is 0 Å². The maximum absolute atomic E-state index is 10.4. The van der Waals surface area contributed by atoms with Gasteiger partial charge in [-0.15, -0.1) is 0 Å². The highest BCUT2D eigenvalue weighted by Gasteiger charge is 2.04. The summed E-state index contributed by atoms with van der Waals surface area (Å²) in [5, 5.41) is 0. The standard InChI is InChI=1S/C8H13NO/c1-8-4-2-3-5-9(6-8)7-10/h4,7H,2-3,5-6H2,1H3. The molecule has 0 saturated carbocycles. The Balaban J connectivity index is 2.50. The molecule has 0 saturated heterocycles. The summed E-state index contributed by atoms with van der Waals surface area (Å²) in [7, 11) is 0. The lowest BCUT2D eigenvalue weighted by molar-refractivity contribution is -0.117. The highest BCUT2D eigenvalue weighted by atomic mass is 16.1. The summed E-state index contributed by atoms with van der Waals surface area (Å²) in [4.78, 5) is 12.2. The molecule has 2 nitrogen and oxygen atoms in total. The number of allylic oxidation sites excluding steroid dienone is 1. The van der Waals surface area contributed by atoms with Crippen molar-refractivity contribution in [2.45, 2.75) is 19.8 Å². The molecule has 56 valence electrons. The first kappa shape index (κ1) is 7.32.